The van der Waals surface area contributed by atoms with Crippen LogP contribution in [0.1, 0.15) is 10.4 Å². The predicted octanol–water partition coefficient (Wildman–Crippen LogP) is 2.79. The lowest BCUT2D eigenvalue weighted by Gasteiger charge is -2.13. The molecule has 0 spiro atoms. The zero-order valence-corrected chi connectivity index (χ0v) is 11.8. The zero-order valence-electron chi connectivity index (χ0n) is 11.8. The maximum absolute atomic E-state index is 11.2. The summed E-state index contributed by atoms with van der Waals surface area (Å²) in [6.45, 7) is 0. The van der Waals surface area contributed by atoms with Gasteiger partial charge in [-0.15, -0.1) is 0 Å². The molecule has 0 atom stereocenters. The second-order valence-corrected chi connectivity index (χ2v) is 5.00. The Bertz CT molecular complexity index is 804. The van der Waals surface area contributed by atoms with E-state index in [1.165, 1.54) is 0 Å². The third kappa shape index (κ3) is 2.23. The largest absolute Gasteiger partial charge is 0.478 e. The summed E-state index contributed by atoms with van der Waals surface area (Å²) in [5.74, 6) is -0.964. The summed E-state index contributed by atoms with van der Waals surface area (Å²) < 4.78 is 1.89. The van der Waals surface area contributed by atoms with Crippen molar-refractivity contribution in [3.63, 3.8) is 0 Å². The molecule has 0 aliphatic carbocycles. The van der Waals surface area contributed by atoms with Gasteiger partial charge in [0.15, 0.2) is 0 Å². The highest BCUT2D eigenvalue weighted by Crippen LogP contribution is 2.22. The van der Waals surface area contributed by atoms with E-state index in [9.17, 15) is 9.90 Å². The second-order valence-electron chi connectivity index (χ2n) is 5.00. The molecule has 3 aromatic rings. The predicted molar refractivity (Wildman–Crippen MR) is 82.4 cm³/mol. The van der Waals surface area contributed by atoms with Crippen LogP contribution in [0.15, 0.2) is 48.8 Å². The van der Waals surface area contributed by atoms with Crippen molar-refractivity contribution in [2.75, 3.05) is 19.0 Å². The van der Waals surface area contributed by atoms with Crippen LogP contribution in [0.4, 0.5) is 5.69 Å². The highest BCUT2D eigenvalue weighted by atomic mass is 16.4. The Morgan fingerprint density at radius 2 is 1.86 bits per heavy atom. The smallest absolute Gasteiger partial charge is 0.337 e. The molecule has 106 valence electrons. The van der Waals surface area contributed by atoms with Gasteiger partial charge >= 0.3 is 5.97 Å². The van der Waals surface area contributed by atoms with Gasteiger partial charge in [-0.2, -0.15) is 0 Å². The van der Waals surface area contributed by atoms with Crippen LogP contribution in [-0.4, -0.2) is 34.7 Å². The van der Waals surface area contributed by atoms with Crippen LogP contribution in [-0.2, 0) is 0 Å². The van der Waals surface area contributed by atoms with E-state index < -0.39 is 5.97 Å². The molecule has 3 rings (SSSR count). The molecule has 0 aliphatic rings. The molecule has 2 aromatic carbocycles. The first-order valence-electron chi connectivity index (χ1n) is 6.55. The number of carbonyl (C=O) groups is 1. The Morgan fingerprint density at radius 3 is 2.48 bits per heavy atom. The lowest BCUT2D eigenvalue weighted by molar-refractivity contribution is 0.0699. The van der Waals surface area contributed by atoms with Crippen LogP contribution in [0.3, 0.4) is 0 Å². The van der Waals surface area contributed by atoms with Gasteiger partial charge in [-0.3, -0.25) is 4.57 Å². The van der Waals surface area contributed by atoms with E-state index in [0.717, 1.165) is 16.9 Å². The number of imidazole rings is 1. The average Bonchev–Trinajstić information content (AvgIpc) is 2.90. The van der Waals surface area contributed by atoms with E-state index in [2.05, 4.69) is 4.98 Å². The van der Waals surface area contributed by atoms with E-state index in [1.807, 2.05) is 53.9 Å². The SMILES string of the molecule is CN(C)c1ccc(-n2cnc3c(C(=O)O)cccc32)cc1. The number of aromatic nitrogens is 2. The third-order valence-electron chi connectivity index (χ3n) is 3.45. The van der Waals surface area contributed by atoms with Crippen molar-refractivity contribution < 1.29 is 9.90 Å². The minimum atomic E-state index is -0.964. The van der Waals surface area contributed by atoms with Crippen LogP contribution >= 0.6 is 0 Å². The summed E-state index contributed by atoms with van der Waals surface area (Å²) in [5.41, 5.74) is 3.56. The highest BCUT2D eigenvalue weighted by Gasteiger charge is 2.13. The molecule has 5 nitrogen and oxygen atoms in total. The summed E-state index contributed by atoms with van der Waals surface area (Å²) in [7, 11) is 3.97. The molecular weight excluding hydrogens is 266 g/mol. The lowest BCUT2D eigenvalue weighted by atomic mass is 10.2. The van der Waals surface area contributed by atoms with E-state index in [0.29, 0.717) is 5.52 Å². The van der Waals surface area contributed by atoms with Gasteiger partial charge in [-0.1, -0.05) is 6.07 Å². The minimum absolute atomic E-state index is 0.219. The van der Waals surface area contributed by atoms with E-state index >= 15 is 0 Å². The first kappa shape index (κ1) is 13.2. The van der Waals surface area contributed by atoms with Gasteiger partial charge in [-0.25, -0.2) is 9.78 Å². The van der Waals surface area contributed by atoms with Crippen LogP contribution in [0, 0.1) is 0 Å². The van der Waals surface area contributed by atoms with Crippen molar-refractivity contribution >= 4 is 22.7 Å². The van der Waals surface area contributed by atoms with E-state index in [1.54, 1.807) is 18.5 Å². The van der Waals surface area contributed by atoms with Gasteiger partial charge in [0.25, 0.3) is 0 Å². The molecule has 1 aromatic heterocycles. The Hall–Kier alpha value is -2.82. The molecule has 0 unspecified atom stereocenters. The van der Waals surface area contributed by atoms with Crippen molar-refractivity contribution in [2.24, 2.45) is 0 Å². The Balaban J connectivity index is 2.13. The van der Waals surface area contributed by atoms with Crippen LogP contribution in [0.5, 0.6) is 0 Å². The molecule has 1 heterocycles. The Kier molecular flexibility index (Phi) is 3.10. The van der Waals surface area contributed by atoms with Crippen molar-refractivity contribution in [3.05, 3.63) is 54.4 Å². The monoisotopic (exact) mass is 281 g/mol. The Labute approximate surface area is 122 Å². The van der Waals surface area contributed by atoms with Crippen molar-refractivity contribution in [1.82, 2.24) is 9.55 Å². The summed E-state index contributed by atoms with van der Waals surface area (Å²) in [6, 6.07) is 13.2. The maximum Gasteiger partial charge on any atom is 0.337 e. The van der Waals surface area contributed by atoms with Crippen LogP contribution in [0.25, 0.3) is 16.7 Å². The van der Waals surface area contributed by atoms with Gasteiger partial charge in [-0.05, 0) is 36.4 Å². The number of benzene rings is 2. The summed E-state index contributed by atoms with van der Waals surface area (Å²) >= 11 is 0. The third-order valence-corrected chi connectivity index (χ3v) is 3.45. The topological polar surface area (TPSA) is 58.4 Å². The first-order valence-corrected chi connectivity index (χ1v) is 6.55. The number of hydrogen-bond acceptors (Lipinski definition) is 3. The lowest BCUT2D eigenvalue weighted by Crippen LogP contribution is -2.08. The molecule has 21 heavy (non-hydrogen) atoms. The summed E-state index contributed by atoms with van der Waals surface area (Å²) in [6.07, 6.45) is 1.65. The minimum Gasteiger partial charge on any atom is -0.478 e. The molecule has 0 bridgehead atoms. The molecule has 0 radical (unpaired) electrons. The number of carboxylic acids is 1. The molecule has 5 heteroatoms. The zero-order chi connectivity index (χ0) is 15.0. The van der Waals surface area contributed by atoms with Gasteiger partial charge < -0.3 is 10.0 Å². The standard InChI is InChI=1S/C16H15N3O2/c1-18(2)11-6-8-12(9-7-11)19-10-17-15-13(16(20)21)4-3-5-14(15)19/h3-10H,1-2H3,(H,20,21). The molecular formula is C16H15N3O2. The van der Waals surface area contributed by atoms with Crippen LogP contribution < -0.4 is 4.90 Å². The summed E-state index contributed by atoms with van der Waals surface area (Å²) in [4.78, 5) is 17.5. The number of anilines is 1. The fraction of sp³-hybridized carbons (Fsp3) is 0.125. The molecule has 0 amide bonds. The van der Waals surface area contributed by atoms with E-state index in [4.69, 9.17) is 0 Å². The molecule has 0 saturated carbocycles. The van der Waals surface area contributed by atoms with Crippen molar-refractivity contribution in [1.29, 1.82) is 0 Å². The van der Waals surface area contributed by atoms with Gasteiger partial charge in [0, 0.05) is 25.5 Å². The van der Waals surface area contributed by atoms with Crippen LogP contribution in [0.2, 0.25) is 0 Å². The number of hydrogen-bond donors (Lipinski definition) is 1. The molecule has 0 aliphatic heterocycles. The van der Waals surface area contributed by atoms with E-state index in [-0.39, 0.29) is 5.56 Å². The molecule has 0 fully saturated rings. The van der Waals surface area contributed by atoms with Crippen molar-refractivity contribution in [2.45, 2.75) is 0 Å². The fourth-order valence-corrected chi connectivity index (χ4v) is 2.33. The Morgan fingerprint density at radius 1 is 1.14 bits per heavy atom. The number of aromatic carboxylic acids is 1. The van der Waals surface area contributed by atoms with Crippen molar-refractivity contribution in [3.8, 4) is 5.69 Å². The number of para-hydroxylation sites is 1. The van der Waals surface area contributed by atoms with Gasteiger partial charge in [0.1, 0.15) is 11.8 Å². The maximum atomic E-state index is 11.2. The first-order chi connectivity index (χ1) is 10.1. The molecule has 1 N–H and O–H groups in total. The average molecular weight is 281 g/mol. The number of fused-ring (bicyclic) bond motifs is 1. The summed E-state index contributed by atoms with van der Waals surface area (Å²) in [5, 5.41) is 9.21. The number of carboxylic acid groups (broad SMARTS) is 1. The quantitative estimate of drug-likeness (QED) is 0.802. The molecule has 0 saturated heterocycles. The normalized spacial score (nSPS) is 10.8. The van der Waals surface area contributed by atoms with Gasteiger partial charge in [0.05, 0.1) is 11.1 Å². The van der Waals surface area contributed by atoms with Gasteiger partial charge in [0.2, 0.25) is 0 Å². The fourth-order valence-electron chi connectivity index (χ4n) is 2.33. The number of nitrogens with zero attached hydrogens (tertiary/aromatic N) is 3. The highest BCUT2D eigenvalue weighted by molar-refractivity contribution is 6.01. The number of rotatable bonds is 3. The second kappa shape index (κ2) is 4.94.